The van der Waals surface area contributed by atoms with Crippen molar-refractivity contribution in [2.75, 3.05) is 13.1 Å². The van der Waals surface area contributed by atoms with Gasteiger partial charge in [0.05, 0.1) is 4.34 Å². The molecule has 1 N–H and O–H groups in total. The van der Waals surface area contributed by atoms with Crippen LogP contribution in [0.5, 0.6) is 0 Å². The van der Waals surface area contributed by atoms with Gasteiger partial charge in [0, 0.05) is 35.6 Å². The summed E-state index contributed by atoms with van der Waals surface area (Å²) < 4.78 is 0.900. The summed E-state index contributed by atoms with van der Waals surface area (Å²) in [6.07, 6.45) is 2.78. The lowest BCUT2D eigenvalue weighted by atomic mass is 9.86. The average Bonchev–Trinajstić information content (AvgIpc) is 3.10. The van der Waals surface area contributed by atoms with Crippen LogP contribution in [0.4, 0.5) is 0 Å². The van der Waals surface area contributed by atoms with Crippen molar-refractivity contribution in [3.8, 4) is 0 Å². The number of hydrogen-bond acceptors (Lipinski definition) is 3. The van der Waals surface area contributed by atoms with Crippen LogP contribution in [0.3, 0.4) is 0 Å². The minimum absolute atomic E-state index is 0.204. The summed E-state index contributed by atoms with van der Waals surface area (Å²) in [4.78, 5) is 4.07. The van der Waals surface area contributed by atoms with Gasteiger partial charge in [-0.1, -0.05) is 11.6 Å². The van der Waals surface area contributed by atoms with Crippen molar-refractivity contribution in [1.29, 1.82) is 0 Å². The van der Waals surface area contributed by atoms with Crippen molar-refractivity contribution in [3.05, 3.63) is 21.3 Å². The topological polar surface area (TPSA) is 15.3 Å². The maximum absolute atomic E-state index is 6.07. The first-order chi connectivity index (χ1) is 8.89. The van der Waals surface area contributed by atoms with Crippen LogP contribution < -0.4 is 5.32 Å². The van der Waals surface area contributed by atoms with E-state index in [2.05, 4.69) is 37.1 Å². The molecule has 106 valence electrons. The van der Waals surface area contributed by atoms with Gasteiger partial charge >= 0.3 is 0 Å². The second-order valence-electron chi connectivity index (χ2n) is 6.93. The summed E-state index contributed by atoms with van der Waals surface area (Å²) in [5.41, 5.74) is 0.515. The minimum Gasteiger partial charge on any atom is -0.309 e. The highest BCUT2D eigenvalue weighted by molar-refractivity contribution is 7.16. The van der Waals surface area contributed by atoms with Crippen LogP contribution in [0.15, 0.2) is 12.1 Å². The van der Waals surface area contributed by atoms with E-state index in [1.54, 1.807) is 11.3 Å². The van der Waals surface area contributed by atoms with Crippen LogP contribution in [0.1, 0.15) is 38.5 Å². The van der Waals surface area contributed by atoms with Crippen molar-refractivity contribution in [2.45, 2.75) is 51.2 Å². The third kappa shape index (κ3) is 2.85. The smallest absolute Gasteiger partial charge is 0.0931 e. The molecule has 1 saturated carbocycles. The largest absolute Gasteiger partial charge is 0.309 e. The molecule has 1 aliphatic heterocycles. The SMILES string of the molecule is CC1(C)CN(Cc2ccc(Cl)s2)C(C)(C2CC2)CN1. The van der Waals surface area contributed by atoms with E-state index in [1.165, 1.54) is 17.7 Å². The van der Waals surface area contributed by atoms with Gasteiger partial charge in [0.1, 0.15) is 0 Å². The molecule has 0 radical (unpaired) electrons. The molecule has 0 aromatic carbocycles. The highest BCUT2D eigenvalue weighted by Gasteiger charge is 2.49. The molecule has 0 amide bonds. The molecule has 1 unspecified atom stereocenters. The normalized spacial score (nSPS) is 31.6. The quantitative estimate of drug-likeness (QED) is 0.914. The zero-order chi connectivity index (χ0) is 13.7. The Kier molecular flexibility index (Phi) is 3.45. The van der Waals surface area contributed by atoms with Crippen LogP contribution in [0.25, 0.3) is 0 Å². The standard InChI is InChI=1S/C15H23ClN2S/c1-14(2)10-18(8-12-6-7-13(16)19-12)15(3,9-17-14)11-4-5-11/h6-7,11,17H,4-5,8-10H2,1-3H3. The van der Waals surface area contributed by atoms with Crippen LogP contribution in [0.2, 0.25) is 4.34 Å². The molecule has 2 nitrogen and oxygen atoms in total. The fraction of sp³-hybridized carbons (Fsp3) is 0.733. The van der Waals surface area contributed by atoms with E-state index < -0.39 is 0 Å². The Labute approximate surface area is 125 Å². The molecular formula is C15H23ClN2S. The Bertz CT molecular complexity index is 466. The van der Waals surface area contributed by atoms with E-state index in [1.807, 2.05) is 6.07 Å². The molecule has 1 atom stereocenters. The molecular weight excluding hydrogens is 276 g/mol. The van der Waals surface area contributed by atoms with Gasteiger partial charge in [0.15, 0.2) is 0 Å². The fourth-order valence-corrected chi connectivity index (χ4v) is 4.32. The summed E-state index contributed by atoms with van der Waals surface area (Å²) >= 11 is 7.79. The van der Waals surface area contributed by atoms with Gasteiger partial charge in [-0.05, 0) is 51.7 Å². The molecule has 1 aliphatic carbocycles. The predicted molar refractivity (Wildman–Crippen MR) is 82.9 cm³/mol. The van der Waals surface area contributed by atoms with E-state index in [-0.39, 0.29) is 5.54 Å². The number of nitrogens with zero attached hydrogens (tertiary/aromatic N) is 1. The van der Waals surface area contributed by atoms with Gasteiger partial charge < -0.3 is 5.32 Å². The Morgan fingerprint density at radius 1 is 1.37 bits per heavy atom. The molecule has 0 spiro atoms. The van der Waals surface area contributed by atoms with Crippen molar-refractivity contribution in [3.63, 3.8) is 0 Å². The van der Waals surface area contributed by atoms with E-state index in [0.717, 1.165) is 29.9 Å². The maximum atomic E-state index is 6.07. The molecule has 0 bridgehead atoms. The van der Waals surface area contributed by atoms with Gasteiger partial charge in [0.2, 0.25) is 0 Å². The maximum Gasteiger partial charge on any atom is 0.0931 e. The highest BCUT2D eigenvalue weighted by Crippen LogP contribution is 2.45. The van der Waals surface area contributed by atoms with E-state index in [4.69, 9.17) is 11.6 Å². The second kappa shape index (κ2) is 4.73. The highest BCUT2D eigenvalue weighted by atomic mass is 35.5. The molecule has 1 aromatic heterocycles. The zero-order valence-corrected chi connectivity index (χ0v) is 13.6. The summed E-state index contributed by atoms with van der Waals surface area (Å²) in [5.74, 6) is 0.867. The lowest BCUT2D eigenvalue weighted by Crippen LogP contribution is -2.67. The summed E-state index contributed by atoms with van der Waals surface area (Å²) in [5, 5.41) is 3.73. The number of rotatable bonds is 3. The number of nitrogens with one attached hydrogen (secondary N) is 1. The van der Waals surface area contributed by atoms with Crippen molar-refractivity contribution >= 4 is 22.9 Å². The number of piperazine rings is 1. The minimum atomic E-state index is 0.204. The van der Waals surface area contributed by atoms with Crippen molar-refractivity contribution in [2.24, 2.45) is 5.92 Å². The number of hydrogen-bond donors (Lipinski definition) is 1. The Morgan fingerprint density at radius 3 is 2.68 bits per heavy atom. The third-order valence-electron chi connectivity index (χ3n) is 4.67. The predicted octanol–water partition coefficient (Wildman–Crippen LogP) is 3.75. The third-order valence-corrected chi connectivity index (χ3v) is 5.88. The van der Waals surface area contributed by atoms with Gasteiger partial charge in [-0.15, -0.1) is 11.3 Å². The Morgan fingerprint density at radius 2 is 2.11 bits per heavy atom. The van der Waals surface area contributed by atoms with Crippen LogP contribution >= 0.6 is 22.9 Å². The second-order valence-corrected chi connectivity index (χ2v) is 8.73. The molecule has 3 rings (SSSR count). The first-order valence-corrected chi connectivity index (χ1v) is 8.33. The zero-order valence-electron chi connectivity index (χ0n) is 12.0. The van der Waals surface area contributed by atoms with E-state index >= 15 is 0 Å². The Hall–Kier alpha value is -0.0900. The molecule has 2 fully saturated rings. The van der Waals surface area contributed by atoms with Gasteiger partial charge in [-0.25, -0.2) is 0 Å². The first kappa shape index (κ1) is 13.9. The summed E-state index contributed by atoms with van der Waals surface area (Å²) in [6, 6.07) is 4.19. The van der Waals surface area contributed by atoms with Crippen molar-refractivity contribution in [1.82, 2.24) is 10.2 Å². The number of thiophene rings is 1. The van der Waals surface area contributed by atoms with Gasteiger partial charge in [-0.2, -0.15) is 0 Å². The summed E-state index contributed by atoms with van der Waals surface area (Å²) in [7, 11) is 0. The first-order valence-electron chi connectivity index (χ1n) is 7.13. The monoisotopic (exact) mass is 298 g/mol. The fourth-order valence-electron chi connectivity index (χ4n) is 3.21. The summed E-state index contributed by atoms with van der Waals surface area (Å²) in [6.45, 7) is 10.3. The molecule has 2 aliphatic rings. The van der Waals surface area contributed by atoms with Crippen LogP contribution in [-0.4, -0.2) is 29.1 Å². The Balaban J connectivity index is 1.80. The molecule has 19 heavy (non-hydrogen) atoms. The molecule has 4 heteroatoms. The van der Waals surface area contributed by atoms with Crippen LogP contribution in [0, 0.1) is 5.92 Å². The number of halogens is 1. The van der Waals surface area contributed by atoms with Gasteiger partial charge in [0.25, 0.3) is 0 Å². The molecule has 2 heterocycles. The molecule has 1 aromatic rings. The van der Waals surface area contributed by atoms with E-state index in [0.29, 0.717) is 5.54 Å². The van der Waals surface area contributed by atoms with Gasteiger partial charge in [-0.3, -0.25) is 4.90 Å². The van der Waals surface area contributed by atoms with Crippen LogP contribution in [-0.2, 0) is 6.54 Å². The molecule has 1 saturated heterocycles. The lowest BCUT2D eigenvalue weighted by molar-refractivity contribution is 0.00595. The van der Waals surface area contributed by atoms with E-state index in [9.17, 15) is 0 Å². The average molecular weight is 299 g/mol. The van der Waals surface area contributed by atoms with Crippen molar-refractivity contribution < 1.29 is 0 Å². The lowest BCUT2D eigenvalue weighted by Gasteiger charge is -2.51.